The van der Waals surface area contributed by atoms with E-state index in [0.29, 0.717) is 18.5 Å². The van der Waals surface area contributed by atoms with Crippen molar-refractivity contribution < 1.29 is 13.2 Å². The van der Waals surface area contributed by atoms with Crippen LogP contribution in [0.15, 0.2) is 4.99 Å². The number of piperidine rings is 1. The minimum Gasteiger partial charge on any atom is -0.377 e. The number of hydrogen-bond acceptors (Lipinski definition) is 5. The van der Waals surface area contributed by atoms with E-state index in [0.717, 1.165) is 39.1 Å². The van der Waals surface area contributed by atoms with Gasteiger partial charge in [-0.1, -0.05) is 0 Å². The van der Waals surface area contributed by atoms with E-state index in [1.165, 1.54) is 6.26 Å². The Labute approximate surface area is 182 Å². The second kappa shape index (κ2) is 12.4. The molecule has 162 valence electrons. The molecule has 27 heavy (non-hydrogen) atoms. The van der Waals surface area contributed by atoms with Gasteiger partial charge in [-0.2, -0.15) is 0 Å². The summed E-state index contributed by atoms with van der Waals surface area (Å²) in [6, 6.07) is 0.370. The lowest BCUT2D eigenvalue weighted by atomic mass is 10.1. The van der Waals surface area contributed by atoms with Gasteiger partial charge < -0.3 is 20.3 Å². The molecule has 0 radical (unpaired) electrons. The molecular weight excluding hydrogens is 481 g/mol. The molecule has 1 aliphatic rings. The lowest BCUT2D eigenvalue weighted by Crippen LogP contribution is -2.55. The van der Waals surface area contributed by atoms with Gasteiger partial charge in [-0.05, 0) is 40.5 Å². The molecule has 0 aromatic heterocycles. The van der Waals surface area contributed by atoms with Crippen LogP contribution in [0.3, 0.4) is 0 Å². The van der Waals surface area contributed by atoms with Crippen molar-refractivity contribution in [2.24, 2.45) is 4.99 Å². The number of sulfonamides is 1. The summed E-state index contributed by atoms with van der Waals surface area (Å²) >= 11 is 0. The maximum absolute atomic E-state index is 11.4. The highest BCUT2D eigenvalue weighted by molar-refractivity contribution is 14.0. The Morgan fingerprint density at radius 2 is 1.89 bits per heavy atom. The molecule has 1 rings (SSSR count). The summed E-state index contributed by atoms with van der Waals surface area (Å²) < 4.78 is 31.1. The smallest absolute Gasteiger partial charge is 0.209 e. The number of aliphatic imine (C=N–C) groups is 1. The van der Waals surface area contributed by atoms with E-state index in [1.54, 1.807) is 7.05 Å². The first-order valence-corrected chi connectivity index (χ1v) is 11.2. The number of likely N-dealkylation sites (tertiary alicyclic amines) is 1. The van der Waals surface area contributed by atoms with E-state index < -0.39 is 15.6 Å². The highest BCUT2D eigenvalue weighted by atomic mass is 127. The Morgan fingerprint density at radius 1 is 1.30 bits per heavy atom. The monoisotopic (exact) mass is 519 g/mol. The van der Waals surface area contributed by atoms with E-state index in [4.69, 9.17) is 4.74 Å². The van der Waals surface area contributed by atoms with Gasteiger partial charge in [-0.25, -0.2) is 13.1 Å². The van der Waals surface area contributed by atoms with Gasteiger partial charge in [-0.15, -0.1) is 24.0 Å². The molecule has 1 heterocycles. The Bertz CT molecular complexity index is 547. The standard InChI is InChI=1S/C17H37N5O3S.HI/c1-14(2)25-12-11-22-9-7-15(8-10-22)20-16(18-5)19-13-17(3,4)21-26(6,23)24;/h14-15,21H,7-13H2,1-6H3,(H2,18,19,20);1H. The average Bonchev–Trinajstić information content (AvgIpc) is 2.50. The summed E-state index contributed by atoms with van der Waals surface area (Å²) in [6.45, 7) is 12.1. The maximum atomic E-state index is 11.4. The van der Waals surface area contributed by atoms with Gasteiger partial charge in [0.15, 0.2) is 5.96 Å². The topological polar surface area (TPSA) is 95.1 Å². The van der Waals surface area contributed by atoms with Crippen LogP contribution in [0.1, 0.15) is 40.5 Å². The first-order chi connectivity index (χ1) is 12.0. The summed E-state index contributed by atoms with van der Waals surface area (Å²) in [7, 11) is -1.52. The molecule has 0 atom stereocenters. The molecule has 0 saturated carbocycles. The molecule has 3 N–H and O–H groups in total. The summed E-state index contributed by atoms with van der Waals surface area (Å²) in [5.74, 6) is 0.704. The van der Waals surface area contributed by atoms with Crippen LogP contribution in [0.4, 0.5) is 0 Å². The van der Waals surface area contributed by atoms with Gasteiger partial charge >= 0.3 is 0 Å². The zero-order valence-electron chi connectivity index (χ0n) is 17.5. The molecule has 1 aliphatic heterocycles. The van der Waals surface area contributed by atoms with E-state index in [1.807, 2.05) is 13.8 Å². The van der Waals surface area contributed by atoms with Gasteiger partial charge in [-0.3, -0.25) is 4.99 Å². The van der Waals surface area contributed by atoms with Crippen molar-refractivity contribution in [1.29, 1.82) is 0 Å². The van der Waals surface area contributed by atoms with Crippen LogP contribution in [0.5, 0.6) is 0 Å². The van der Waals surface area contributed by atoms with E-state index in [-0.39, 0.29) is 30.1 Å². The summed E-state index contributed by atoms with van der Waals surface area (Å²) in [5, 5.41) is 6.66. The van der Waals surface area contributed by atoms with E-state index in [9.17, 15) is 8.42 Å². The molecule has 8 nitrogen and oxygen atoms in total. The van der Waals surface area contributed by atoms with Crippen LogP contribution in [-0.4, -0.2) is 83.1 Å². The molecule has 0 spiro atoms. The van der Waals surface area contributed by atoms with Gasteiger partial charge in [0.2, 0.25) is 10.0 Å². The van der Waals surface area contributed by atoms with Crippen LogP contribution in [0, 0.1) is 0 Å². The first kappa shape index (κ1) is 26.8. The summed E-state index contributed by atoms with van der Waals surface area (Å²) in [6.07, 6.45) is 3.55. The van der Waals surface area contributed by atoms with Crippen LogP contribution >= 0.6 is 24.0 Å². The Morgan fingerprint density at radius 3 is 2.37 bits per heavy atom. The molecule has 10 heteroatoms. The number of nitrogens with one attached hydrogen (secondary N) is 3. The first-order valence-electron chi connectivity index (χ1n) is 9.31. The normalized spacial score (nSPS) is 17.7. The molecule has 0 aromatic carbocycles. The number of nitrogens with zero attached hydrogens (tertiary/aromatic N) is 2. The highest BCUT2D eigenvalue weighted by Gasteiger charge is 2.24. The Kier molecular flexibility index (Phi) is 12.3. The number of hydrogen-bond donors (Lipinski definition) is 3. The fourth-order valence-electron chi connectivity index (χ4n) is 2.95. The van der Waals surface area contributed by atoms with Crippen molar-refractivity contribution in [2.45, 2.75) is 58.2 Å². The molecule has 0 aromatic rings. The minimum atomic E-state index is -3.25. The predicted octanol–water partition coefficient (Wildman–Crippen LogP) is 0.987. The van der Waals surface area contributed by atoms with Crippen LogP contribution in [-0.2, 0) is 14.8 Å². The van der Waals surface area contributed by atoms with Gasteiger partial charge in [0.25, 0.3) is 0 Å². The average molecular weight is 519 g/mol. The molecule has 1 fully saturated rings. The molecular formula is C17H38IN5O3S. The van der Waals surface area contributed by atoms with Crippen molar-refractivity contribution in [3.05, 3.63) is 0 Å². The lowest BCUT2D eigenvalue weighted by molar-refractivity contribution is 0.0532. The summed E-state index contributed by atoms with van der Waals surface area (Å²) in [5.41, 5.74) is -0.592. The summed E-state index contributed by atoms with van der Waals surface area (Å²) in [4.78, 5) is 6.68. The maximum Gasteiger partial charge on any atom is 0.209 e. The molecule has 0 aliphatic carbocycles. The fraction of sp³-hybridized carbons (Fsp3) is 0.941. The second-order valence-corrected chi connectivity index (χ2v) is 9.61. The van der Waals surface area contributed by atoms with Crippen LogP contribution < -0.4 is 15.4 Å². The molecule has 1 saturated heterocycles. The van der Waals surface area contributed by atoms with Gasteiger partial charge in [0.05, 0.1) is 19.0 Å². The second-order valence-electron chi connectivity index (χ2n) is 7.86. The third-order valence-electron chi connectivity index (χ3n) is 4.17. The van der Waals surface area contributed by atoms with Gasteiger partial charge in [0, 0.05) is 44.8 Å². The van der Waals surface area contributed by atoms with Crippen molar-refractivity contribution in [1.82, 2.24) is 20.3 Å². The third kappa shape index (κ3) is 12.8. The van der Waals surface area contributed by atoms with E-state index >= 15 is 0 Å². The number of ether oxygens (including phenoxy) is 1. The minimum absolute atomic E-state index is 0. The Balaban J connectivity index is 0.00000676. The quantitative estimate of drug-likeness (QED) is 0.239. The lowest BCUT2D eigenvalue weighted by Gasteiger charge is -2.33. The molecule has 0 amide bonds. The van der Waals surface area contributed by atoms with Crippen molar-refractivity contribution >= 4 is 40.0 Å². The van der Waals surface area contributed by atoms with Crippen LogP contribution in [0.2, 0.25) is 0 Å². The number of rotatable bonds is 9. The molecule has 0 bridgehead atoms. The van der Waals surface area contributed by atoms with Crippen molar-refractivity contribution in [3.8, 4) is 0 Å². The van der Waals surface area contributed by atoms with Crippen molar-refractivity contribution in [3.63, 3.8) is 0 Å². The van der Waals surface area contributed by atoms with Crippen molar-refractivity contribution in [2.75, 3.05) is 46.1 Å². The predicted molar refractivity (Wildman–Crippen MR) is 123 cm³/mol. The SMILES string of the molecule is CN=C(NCC(C)(C)NS(C)(=O)=O)NC1CCN(CCOC(C)C)CC1.I. The zero-order valence-corrected chi connectivity index (χ0v) is 20.7. The largest absolute Gasteiger partial charge is 0.377 e. The Hall–Kier alpha value is -0.170. The third-order valence-corrected chi connectivity index (χ3v) is 5.09. The van der Waals surface area contributed by atoms with Crippen LogP contribution in [0.25, 0.3) is 0 Å². The molecule has 0 unspecified atom stereocenters. The fourth-order valence-corrected chi connectivity index (χ4v) is 4.03. The van der Waals surface area contributed by atoms with Gasteiger partial charge in [0.1, 0.15) is 0 Å². The van der Waals surface area contributed by atoms with E-state index in [2.05, 4.69) is 39.1 Å². The zero-order chi connectivity index (χ0) is 19.8. The number of guanidine groups is 1. The highest BCUT2D eigenvalue weighted by Crippen LogP contribution is 2.10. The number of halogens is 1.